The van der Waals surface area contributed by atoms with E-state index in [1.165, 1.54) is 0 Å². The molecule has 0 aliphatic heterocycles. The van der Waals surface area contributed by atoms with Crippen molar-refractivity contribution in [3.63, 3.8) is 0 Å². The molecule has 1 fully saturated rings. The Labute approximate surface area is 92.6 Å². The number of hydrogen-bond donors (Lipinski definition) is 2. The van der Waals surface area contributed by atoms with E-state index in [2.05, 4.69) is 0 Å². The Balaban J connectivity index is 2.86. The van der Waals surface area contributed by atoms with Gasteiger partial charge in [0, 0.05) is 22.9 Å². The zero-order valence-corrected chi connectivity index (χ0v) is 10.3. The van der Waals surface area contributed by atoms with E-state index in [0.717, 1.165) is 19.3 Å². The minimum Gasteiger partial charge on any atom is -0.325 e. The van der Waals surface area contributed by atoms with Crippen LogP contribution in [0.4, 0.5) is 0 Å². The summed E-state index contributed by atoms with van der Waals surface area (Å²) in [4.78, 5) is 12.3. The van der Waals surface area contributed by atoms with Crippen LogP contribution in [0.5, 0.6) is 0 Å². The summed E-state index contributed by atoms with van der Waals surface area (Å²) in [6.45, 7) is 7.73. The van der Waals surface area contributed by atoms with Crippen LogP contribution >= 0.6 is 0 Å². The van der Waals surface area contributed by atoms with E-state index in [1.807, 2.05) is 27.7 Å². The first-order chi connectivity index (χ1) is 6.64. The molecule has 4 N–H and O–H groups in total. The fourth-order valence-corrected chi connectivity index (χ4v) is 2.53. The van der Waals surface area contributed by atoms with Gasteiger partial charge in [-0.3, -0.25) is 4.79 Å². The molecule has 0 amide bonds. The zero-order valence-electron chi connectivity index (χ0n) is 10.3. The van der Waals surface area contributed by atoms with Gasteiger partial charge in [0.15, 0.2) is 0 Å². The average Bonchev–Trinajstić information content (AvgIpc) is 1.99. The summed E-state index contributed by atoms with van der Waals surface area (Å²) in [5.41, 5.74) is 11.3. The number of ketones is 1. The number of carbonyl (C=O) groups is 1. The molecule has 0 saturated heterocycles. The monoisotopic (exact) mass is 212 g/mol. The van der Waals surface area contributed by atoms with Gasteiger partial charge in [0.05, 0.1) is 0 Å². The van der Waals surface area contributed by atoms with Crippen molar-refractivity contribution in [2.75, 3.05) is 0 Å². The minimum atomic E-state index is -0.416. The Morgan fingerprint density at radius 1 is 1.00 bits per heavy atom. The lowest BCUT2D eigenvalue weighted by Gasteiger charge is -2.40. The van der Waals surface area contributed by atoms with Gasteiger partial charge in [-0.05, 0) is 40.5 Å². The Morgan fingerprint density at radius 2 is 1.33 bits per heavy atom. The van der Waals surface area contributed by atoms with Crippen LogP contribution < -0.4 is 11.5 Å². The van der Waals surface area contributed by atoms with Crippen molar-refractivity contribution >= 4 is 5.78 Å². The van der Waals surface area contributed by atoms with Crippen LogP contribution in [0.25, 0.3) is 0 Å². The van der Waals surface area contributed by atoms with Gasteiger partial charge < -0.3 is 11.5 Å². The molecule has 0 aromatic heterocycles. The van der Waals surface area contributed by atoms with Crippen LogP contribution in [0.15, 0.2) is 0 Å². The van der Waals surface area contributed by atoms with Gasteiger partial charge in [-0.2, -0.15) is 0 Å². The van der Waals surface area contributed by atoms with Crippen molar-refractivity contribution in [1.29, 1.82) is 0 Å². The molecule has 0 spiro atoms. The quantitative estimate of drug-likeness (QED) is 0.728. The first-order valence-corrected chi connectivity index (χ1v) is 5.75. The zero-order chi connectivity index (χ0) is 11.9. The van der Waals surface area contributed by atoms with Crippen molar-refractivity contribution in [3.05, 3.63) is 0 Å². The molecule has 3 heteroatoms. The summed E-state index contributed by atoms with van der Waals surface area (Å²) in [5, 5.41) is 0. The summed E-state index contributed by atoms with van der Waals surface area (Å²) < 4.78 is 0. The van der Waals surface area contributed by atoms with E-state index in [1.54, 1.807) is 0 Å². The van der Waals surface area contributed by atoms with E-state index in [4.69, 9.17) is 11.5 Å². The van der Waals surface area contributed by atoms with Gasteiger partial charge in [0.1, 0.15) is 5.78 Å². The molecule has 0 heterocycles. The largest absolute Gasteiger partial charge is 0.325 e. The van der Waals surface area contributed by atoms with E-state index >= 15 is 0 Å². The molecular weight excluding hydrogens is 188 g/mol. The fourth-order valence-electron chi connectivity index (χ4n) is 2.53. The van der Waals surface area contributed by atoms with Crippen LogP contribution in [0.2, 0.25) is 0 Å². The van der Waals surface area contributed by atoms with Crippen molar-refractivity contribution in [2.45, 2.75) is 58.0 Å². The molecule has 1 aliphatic carbocycles. The van der Waals surface area contributed by atoms with Crippen molar-refractivity contribution in [3.8, 4) is 0 Å². The molecule has 1 rings (SSSR count). The van der Waals surface area contributed by atoms with Crippen LogP contribution in [0.1, 0.15) is 47.0 Å². The smallest absolute Gasteiger partial charge is 0.142 e. The summed E-state index contributed by atoms with van der Waals surface area (Å²) in [5.74, 6) is 0.208. The van der Waals surface area contributed by atoms with Gasteiger partial charge in [-0.25, -0.2) is 0 Å². The predicted octanol–water partition coefficient (Wildman–Crippen LogP) is 1.45. The van der Waals surface area contributed by atoms with E-state index < -0.39 is 11.1 Å². The van der Waals surface area contributed by atoms with Crippen LogP contribution in [0, 0.1) is 11.8 Å². The third kappa shape index (κ3) is 2.79. The Morgan fingerprint density at radius 3 is 1.60 bits per heavy atom. The Hall–Kier alpha value is -0.410. The molecule has 88 valence electrons. The highest BCUT2D eigenvalue weighted by Gasteiger charge is 2.43. The van der Waals surface area contributed by atoms with Gasteiger partial charge >= 0.3 is 0 Å². The maximum Gasteiger partial charge on any atom is 0.142 e. The molecule has 0 aromatic carbocycles. The second-order valence-corrected chi connectivity index (χ2v) is 6.08. The first kappa shape index (κ1) is 12.7. The highest BCUT2D eigenvalue weighted by atomic mass is 16.1. The number of Topliss-reactive ketones (excluding diaryl/α,β-unsaturated/α-hetero) is 1. The second-order valence-electron chi connectivity index (χ2n) is 6.08. The lowest BCUT2D eigenvalue weighted by atomic mass is 9.67. The second kappa shape index (κ2) is 3.87. The number of rotatable bonds is 2. The summed E-state index contributed by atoms with van der Waals surface area (Å²) >= 11 is 0. The molecule has 0 radical (unpaired) electrons. The third-order valence-electron chi connectivity index (χ3n) is 3.47. The number of nitrogens with two attached hydrogens (primary N) is 2. The number of hydrogen-bond acceptors (Lipinski definition) is 3. The third-order valence-corrected chi connectivity index (χ3v) is 3.47. The highest BCUT2D eigenvalue weighted by molar-refractivity contribution is 5.86. The molecule has 0 bridgehead atoms. The van der Waals surface area contributed by atoms with E-state index in [9.17, 15) is 4.79 Å². The maximum atomic E-state index is 12.3. The van der Waals surface area contributed by atoms with Gasteiger partial charge in [-0.15, -0.1) is 0 Å². The Bertz CT molecular complexity index is 223. The molecule has 2 atom stereocenters. The molecule has 2 unspecified atom stereocenters. The maximum absolute atomic E-state index is 12.3. The molecule has 1 saturated carbocycles. The summed E-state index contributed by atoms with van der Waals surface area (Å²) in [7, 11) is 0. The predicted molar refractivity (Wildman–Crippen MR) is 62.4 cm³/mol. The van der Waals surface area contributed by atoms with Crippen molar-refractivity contribution in [1.82, 2.24) is 0 Å². The topological polar surface area (TPSA) is 69.1 Å². The highest BCUT2D eigenvalue weighted by Crippen LogP contribution is 2.35. The molecule has 1 aliphatic rings. The van der Waals surface area contributed by atoms with Crippen LogP contribution in [-0.4, -0.2) is 16.9 Å². The Kier molecular flexibility index (Phi) is 3.27. The standard InChI is InChI=1S/C12H24N2O/c1-11(2,13)8-6-5-7-9(10(8)15)12(3,4)14/h8-9H,5-7,13-14H2,1-4H3. The number of carbonyl (C=O) groups excluding carboxylic acids is 1. The van der Waals surface area contributed by atoms with Crippen LogP contribution in [-0.2, 0) is 4.79 Å². The summed E-state index contributed by atoms with van der Waals surface area (Å²) in [6, 6.07) is 0. The molecule has 15 heavy (non-hydrogen) atoms. The fraction of sp³-hybridized carbons (Fsp3) is 0.917. The minimum absolute atomic E-state index is 0.0286. The van der Waals surface area contributed by atoms with E-state index in [-0.39, 0.29) is 17.6 Å². The molecule has 0 aromatic rings. The average molecular weight is 212 g/mol. The lowest BCUT2D eigenvalue weighted by molar-refractivity contribution is -0.133. The summed E-state index contributed by atoms with van der Waals surface area (Å²) in [6.07, 6.45) is 2.88. The van der Waals surface area contributed by atoms with Gasteiger partial charge in [0.2, 0.25) is 0 Å². The molecule has 3 nitrogen and oxygen atoms in total. The lowest BCUT2D eigenvalue weighted by Crippen LogP contribution is -2.54. The van der Waals surface area contributed by atoms with Gasteiger partial charge in [-0.1, -0.05) is 6.42 Å². The van der Waals surface area contributed by atoms with Crippen molar-refractivity contribution < 1.29 is 4.79 Å². The van der Waals surface area contributed by atoms with Crippen molar-refractivity contribution in [2.24, 2.45) is 23.3 Å². The van der Waals surface area contributed by atoms with Gasteiger partial charge in [0.25, 0.3) is 0 Å². The van der Waals surface area contributed by atoms with Crippen LogP contribution in [0.3, 0.4) is 0 Å². The first-order valence-electron chi connectivity index (χ1n) is 5.75. The molecular formula is C12H24N2O. The SMILES string of the molecule is CC(C)(N)C1CCCC(C(C)(C)N)C1=O. The van der Waals surface area contributed by atoms with E-state index in [0.29, 0.717) is 0 Å². The normalized spacial score (nSPS) is 29.3.